The maximum atomic E-state index is 13.0. The highest BCUT2D eigenvalue weighted by Gasteiger charge is 2.36. The Hall–Kier alpha value is -2.72. The van der Waals surface area contributed by atoms with Gasteiger partial charge in [0.15, 0.2) is 5.82 Å². The minimum atomic E-state index is -4.41. The van der Waals surface area contributed by atoms with Crippen molar-refractivity contribution >= 4 is 23.5 Å². The lowest BCUT2D eigenvalue weighted by Gasteiger charge is -2.20. The van der Waals surface area contributed by atoms with Gasteiger partial charge in [-0.3, -0.25) is 4.79 Å². The van der Waals surface area contributed by atoms with E-state index in [9.17, 15) is 22.4 Å². The van der Waals surface area contributed by atoms with Crippen LogP contribution in [0.25, 0.3) is 0 Å². The van der Waals surface area contributed by atoms with Crippen LogP contribution in [-0.2, 0) is 22.3 Å². The van der Waals surface area contributed by atoms with Crippen molar-refractivity contribution in [1.29, 1.82) is 0 Å². The number of anilines is 1. The molecule has 11 heteroatoms. The van der Waals surface area contributed by atoms with E-state index in [1.54, 1.807) is 0 Å². The number of carbonyl (C=O) groups is 1. The van der Waals surface area contributed by atoms with E-state index in [0.717, 1.165) is 30.1 Å². The highest BCUT2D eigenvalue weighted by Crippen LogP contribution is 2.29. The zero-order valence-electron chi connectivity index (χ0n) is 15.4. The van der Waals surface area contributed by atoms with Crippen LogP contribution in [0.1, 0.15) is 11.1 Å². The lowest BCUT2D eigenvalue weighted by Crippen LogP contribution is -2.35. The van der Waals surface area contributed by atoms with Gasteiger partial charge < -0.3 is 15.0 Å². The zero-order chi connectivity index (χ0) is 21.7. The Labute approximate surface area is 174 Å². The summed E-state index contributed by atoms with van der Waals surface area (Å²) in [6.45, 7) is 0.511. The Morgan fingerprint density at radius 3 is 2.50 bits per heavy atom. The van der Waals surface area contributed by atoms with E-state index in [1.807, 2.05) is 0 Å². The molecule has 1 saturated heterocycles. The van der Waals surface area contributed by atoms with Gasteiger partial charge in [0.05, 0.1) is 36.7 Å². The molecular weight excluding hydrogens is 428 g/mol. The summed E-state index contributed by atoms with van der Waals surface area (Å²) in [6, 6.07) is 4.22. The molecule has 1 N–H and O–H groups in total. The highest BCUT2D eigenvalue weighted by molar-refractivity contribution is 6.26. The normalized spacial score (nSPS) is 19.4. The number of aromatic nitrogens is 2. The molecule has 1 fully saturated rings. The Kier molecular flexibility index (Phi) is 6.88. The second-order valence-corrected chi connectivity index (χ2v) is 6.81. The SMILES string of the molecule is O=C(/C=C\Cl)N1CC(OCc2ccc(C(F)(F)F)cc2)[C@@H](Nc2ncc(F)cn2)C1. The third-order valence-electron chi connectivity index (χ3n) is 4.46. The first kappa shape index (κ1) is 22.0. The fraction of sp³-hybridized carbons (Fsp3) is 0.316. The minimum absolute atomic E-state index is 0.0403. The number of rotatable bonds is 6. The molecule has 1 unspecified atom stereocenters. The maximum Gasteiger partial charge on any atom is 0.416 e. The van der Waals surface area contributed by atoms with Crippen molar-refractivity contribution in [3.8, 4) is 0 Å². The number of hydrogen-bond donors (Lipinski definition) is 1. The summed E-state index contributed by atoms with van der Waals surface area (Å²) in [5.41, 5.74) is 0.902. The van der Waals surface area contributed by atoms with Gasteiger partial charge in [0, 0.05) is 24.7 Å². The number of amides is 1. The van der Waals surface area contributed by atoms with Crippen molar-refractivity contribution in [3.63, 3.8) is 0 Å². The highest BCUT2D eigenvalue weighted by atomic mass is 35.5. The van der Waals surface area contributed by atoms with E-state index in [4.69, 9.17) is 16.3 Å². The fourth-order valence-corrected chi connectivity index (χ4v) is 3.07. The average Bonchev–Trinajstić information content (AvgIpc) is 3.11. The van der Waals surface area contributed by atoms with Crippen LogP contribution in [0.3, 0.4) is 0 Å². The summed E-state index contributed by atoms with van der Waals surface area (Å²) in [6.07, 6.45) is -1.71. The first-order valence-corrected chi connectivity index (χ1v) is 9.27. The lowest BCUT2D eigenvalue weighted by molar-refractivity contribution is -0.137. The quantitative estimate of drug-likeness (QED) is 0.545. The molecule has 1 amide bonds. The molecule has 0 aliphatic carbocycles. The van der Waals surface area contributed by atoms with Gasteiger partial charge in [0.1, 0.15) is 0 Å². The van der Waals surface area contributed by atoms with E-state index < -0.39 is 29.7 Å². The number of benzene rings is 1. The number of carbonyl (C=O) groups excluding carboxylic acids is 1. The van der Waals surface area contributed by atoms with Crippen molar-refractivity contribution in [3.05, 3.63) is 65.2 Å². The topological polar surface area (TPSA) is 67.3 Å². The number of ether oxygens (including phenoxy) is 1. The second kappa shape index (κ2) is 9.40. The molecular formula is C19H17ClF4N4O2. The van der Waals surface area contributed by atoms with Crippen LogP contribution < -0.4 is 5.32 Å². The van der Waals surface area contributed by atoms with Crippen LogP contribution in [0.4, 0.5) is 23.5 Å². The molecule has 6 nitrogen and oxygen atoms in total. The number of alkyl halides is 3. The summed E-state index contributed by atoms with van der Waals surface area (Å²) in [5, 5.41) is 3.00. The van der Waals surface area contributed by atoms with Gasteiger partial charge in [-0.15, -0.1) is 0 Å². The van der Waals surface area contributed by atoms with Gasteiger partial charge in [0.2, 0.25) is 11.9 Å². The third kappa shape index (κ3) is 5.67. The molecule has 1 aliphatic rings. The average molecular weight is 445 g/mol. The predicted molar refractivity (Wildman–Crippen MR) is 101 cm³/mol. The number of nitrogens with zero attached hydrogens (tertiary/aromatic N) is 3. The molecule has 0 radical (unpaired) electrons. The molecule has 2 heterocycles. The molecule has 30 heavy (non-hydrogen) atoms. The zero-order valence-corrected chi connectivity index (χ0v) is 16.2. The van der Waals surface area contributed by atoms with Gasteiger partial charge in [-0.1, -0.05) is 23.7 Å². The largest absolute Gasteiger partial charge is 0.416 e. The second-order valence-electron chi connectivity index (χ2n) is 6.56. The minimum Gasteiger partial charge on any atom is -0.369 e. The van der Waals surface area contributed by atoms with Gasteiger partial charge in [0.25, 0.3) is 0 Å². The van der Waals surface area contributed by atoms with Crippen LogP contribution in [-0.4, -0.2) is 46.0 Å². The van der Waals surface area contributed by atoms with Crippen LogP contribution in [0.5, 0.6) is 0 Å². The van der Waals surface area contributed by atoms with Crippen molar-refractivity contribution in [2.24, 2.45) is 0 Å². The maximum absolute atomic E-state index is 13.0. The van der Waals surface area contributed by atoms with E-state index in [0.29, 0.717) is 5.56 Å². The van der Waals surface area contributed by atoms with Gasteiger partial charge in [-0.2, -0.15) is 13.2 Å². The van der Waals surface area contributed by atoms with Crippen LogP contribution >= 0.6 is 11.6 Å². The molecule has 0 bridgehead atoms. The van der Waals surface area contributed by atoms with Gasteiger partial charge >= 0.3 is 6.18 Å². The molecule has 1 aliphatic heterocycles. The van der Waals surface area contributed by atoms with Crippen molar-refractivity contribution in [2.75, 3.05) is 18.4 Å². The number of likely N-dealkylation sites (tertiary alicyclic amines) is 1. The van der Waals surface area contributed by atoms with Crippen molar-refractivity contribution in [2.45, 2.75) is 24.9 Å². The number of hydrogen-bond acceptors (Lipinski definition) is 5. The molecule has 2 atom stereocenters. The predicted octanol–water partition coefficient (Wildman–Crippen LogP) is 3.60. The molecule has 0 saturated carbocycles. The summed E-state index contributed by atoms with van der Waals surface area (Å²) >= 11 is 5.47. The lowest BCUT2D eigenvalue weighted by atomic mass is 10.1. The molecule has 0 spiro atoms. The van der Waals surface area contributed by atoms with Crippen LogP contribution in [0, 0.1) is 5.82 Å². The summed E-state index contributed by atoms with van der Waals surface area (Å²) in [4.78, 5) is 21.3. The molecule has 1 aromatic heterocycles. The Morgan fingerprint density at radius 2 is 1.90 bits per heavy atom. The van der Waals surface area contributed by atoms with E-state index in [2.05, 4.69) is 15.3 Å². The molecule has 2 aromatic rings. The van der Waals surface area contributed by atoms with Gasteiger partial charge in [-0.05, 0) is 17.7 Å². The third-order valence-corrected chi connectivity index (χ3v) is 4.59. The van der Waals surface area contributed by atoms with Crippen LogP contribution in [0.2, 0.25) is 0 Å². The Balaban J connectivity index is 1.68. The summed E-state index contributed by atoms with van der Waals surface area (Å²) in [7, 11) is 0. The fourth-order valence-electron chi connectivity index (χ4n) is 2.97. The van der Waals surface area contributed by atoms with E-state index >= 15 is 0 Å². The van der Waals surface area contributed by atoms with Crippen LogP contribution in [0.15, 0.2) is 48.3 Å². The van der Waals surface area contributed by atoms with E-state index in [-0.39, 0.29) is 31.6 Å². The first-order chi connectivity index (χ1) is 14.3. The molecule has 3 rings (SSSR count). The van der Waals surface area contributed by atoms with Gasteiger partial charge in [-0.25, -0.2) is 14.4 Å². The van der Waals surface area contributed by atoms with Crippen molar-refractivity contribution < 1.29 is 27.1 Å². The number of nitrogens with one attached hydrogen (secondary N) is 1. The Bertz CT molecular complexity index is 891. The monoisotopic (exact) mass is 444 g/mol. The number of halogens is 5. The van der Waals surface area contributed by atoms with Crippen molar-refractivity contribution in [1.82, 2.24) is 14.9 Å². The molecule has 160 valence electrons. The summed E-state index contributed by atoms with van der Waals surface area (Å²) in [5.74, 6) is -0.754. The summed E-state index contributed by atoms with van der Waals surface area (Å²) < 4.78 is 56.9. The molecule has 1 aromatic carbocycles. The smallest absolute Gasteiger partial charge is 0.369 e. The standard InChI is InChI=1S/C19H17ClF4N4O2/c20-6-5-17(29)28-9-15(27-18-25-7-14(21)8-26-18)16(10-28)30-11-12-1-3-13(4-2-12)19(22,23)24/h1-8,15-16H,9-11H2,(H,25,26,27)/b6-5-/t15-,16?/m0/s1. The first-order valence-electron chi connectivity index (χ1n) is 8.84. The Morgan fingerprint density at radius 1 is 1.23 bits per heavy atom. The van der Waals surface area contributed by atoms with E-state index in [1.165, 1.54) is 23.1 Å².